The van der Waals surface area contributed by atoms with E-state index in [1.165, 1.54) is 0 Å². The lowest BCUT2D eigenvalue weighted by molar-refractivity contribution is 0.251. The van der Waals surface area contributed by atoms with Crippen LogP contribution in [-0.4, -0.2) is 46.0 Å². The van der Waals surface area contributed by atoms with Gasteiger partial charge in [0.1, 0.15) is 0 Å². The van der Waals surface area contributed by atoms with Crippen LogP contribution in [0.4, 0.5) is 5.69 Å². The van der Waals surface area contributed by atoms with Crippen molar-refractivity contribution >= 4 is 39.5 Å². The predicted molar refractivity (Wildman–Crippen MR) is 112 cm³/mol. The van der Waals surface area contributed by atoms with Crippen LogP contribution in [0.3, 0.4) is 0 Å². The van der Waals surface area contributed by atoms with E-state index in [1.54, 1.807) is 30.3 Å². The second-order valence-corrected chi connectivity index (χ2v) is 9.56. The molecule has 0 spiro atoms. The van der Waals surface area contributed by atoms with Crippen LogP contribution in [0.25, 0.3) is 0 Å². The Bertz CT molecular complexity index is 911. The number of hydrogen-bond donors (Lipinski definition) is 0. The molecule has 0 radical (unpaired) electrons. The maximum atomic E-state index is 12.9. The Morgan fingerprint density at radius 1 is 1.00 bits per heavy atom. The van der Waals surface area contributed by atoms with E-state index in [1.807, 2.05) is 12.1 Å². The molecule has 0 saturated carbocycles. The van der Waals surface area contributed by atoms with Crippen molar-refractivity contribution in [1.29, 1.82) is 0 Å². The Morgan fingerprint density at radius 3 is 2.33 bits per heavy atom. The van der Waals surface area contributed by atoms with E-state index in [2.05, 4.69) is 16.8 Å². The van der Waals surface area contributed by atoms with Gasteiger partial charge < -0.3 is 9.80 Å². The van der Waals surface area contributed by atoms with Crippen molar-refractivity contribution in [2.45, 2.75) is 35.1 Å². The number of hydrogen-bond acceptors (Lipinski definition) is 4. The maximum absolute atomic E-state index is 12.9. The van der Waals surface area contributed by atoms with Crippen molar-refractivity contribution in [3.05, 3.63) is 53.1 Å². The highest BCUT2D eigenvalue weighted by Gasteiger charge is 2.32. The first-order chi connectivity index (χ1) is 12.5. The lowest BCUT2D eigenvalue weighted by atomic mass is 10.0. The third kappa shape index (κ3) is 3.83. The van der Waals surface area contributed by atoms with Gasteiger partial charge in [0, 0.05) is 12.6 Å². The van der Waals surface area contributed by atoms with Crippen molar-refractivity contribution in [2.75, 3.05) is 31.6 Å². The molecule has 2 aromatic carbocycles. The molecule has 27 heavy (non-hydrogen) atoms. The molecule has 2 heterocycles. The molecule has 146 valence electrons. The van der Waals surface area contributed by atoms with E-state index in [4.69, 9.17) is 11.6 Å². The molecule has 0 unspecified atom stereocenters. The quantitative estimate of drug-likeness (QED) is 0.741. The van der Waals surface area contributed by atoms with Crippen molar-refractivity contribution in [3.63, 3.8) is 0 Å². The van der Waals surface area contributed by atoms with Gasteiger partial charge in [0.05, 0.1) is 20.5 Å². The Hall–Kier alpha value is -1.27. The molecule has 2 aliphatic heterocycles. The van der Waals surface area contributed by atoms with Crippen LogP contribution in [0, 0.1) is 0 Å². The molecule has 0 atom stereocenters. The third-order valence-corrected chi connectivity index (χ3v) is 7.55. The molecule has 1 fully saturated rings. The van der Waals surface area contributed by atoms with Crippen LogP contribution in [-0.2, 0) is 16.3 Å². The van der Waals surface area contributed by atoms with Gasteiger partial charge in [0.2, 0.25) is 9.84 Å². The zero-order valence-corrected chi connectivity index (χ0v) is 17.7. The average Bonchev–Trinajstić information content (AvgIpc) is 3.08. The van der Waals surface area contributed by atoms with E-state index in [-0.39, 0.29) is 17.3 Å². The predicted octanol–water partition coefficient (Wildman–Crippen LogP) is 4.05. The van der Waals surface area contributed by atoms with Crippen LogP contribution in [0.2, 0.25) is 5.02 Å². The van der Waals surface area contributed by atoms with Gasteiger partial charge in [0.15, 0.2) is 0 Å². The number of rotatable bonds is 3. The van der Waals surface area contributed by atoms with Gasteiger partial charge in [-0.3, -0.25) is 0 Å². The van der Waals surface area contributed by atoms with E-state index in [9.17, 15) is 8.42 Å². The minimum Gasteiger partial charge on any atom is -0.367 e. The van der Waals surface area contributed by atoms with Crippen LogP contribution in [0.1, 0.15) is 18.4 Å². The molecule has 0 aliphatic carbocycles. The summed E-state index contributed by atoms with van der Waals surface area (Å²) in [5.74, 6) is 0. The summed E-state index contributed by atoms with van der Waals surface area (Å²) < 4.78 is 25.9. The number of anilines is 1. The lowest BCUT2D eigenvalue weighted by Gasteiger charge is -2.37. The molecule has 0 amide bonds. The summed E-state index contributed by atoms with van der Waals surface area (Å²) >= 11 is 6.59. The second kappa shape index (κ2) is 8.00. The molecular formula is C20H24Cl2N2O2S. The zero-order chi connectivity index (χ0) is 18.3. The molecular weight excluding hydrogens is 403 g/mol. The summed E-state index contributed by atoms with van der Waals surface area (Å²) in [6.45, 7) is 3.10. The Kier molecular flexibility index (Phi) is 6.06. The minimum absolute atomic E-state index is 0. The van der Waals surface area contributed by atoms with E-state index in [0.29, 0.717) is 16.0 Å². The fourth-order valence-electron chi connectivity index (χ4n) is 4.06. The number of piperidine rings is 1. The van der Waals surface area contributed by atoms with Gasteiger partial charge in [-0.25, -0.2) is 8.42 Å². The van der Waals surface area contributed by atoms with Crippen LogP contribution >= 0.6 is 24.0 Å². The second-order valence-electron chi connectivity index (χ2n) is 7.21. The fourth-order valence-corrected chi connectivity index (χ4v) is 5.83. The minimum atomic E-state index is -3.54. The molecule has 1 saturated heterocycles. The third-order valence-electron chi connectivity index (χ3n) is 5.52. The molecule has 4 nitrogen and oxygen atoms in total. The summed E-state index contributed by atoms with van der Waals surface area (Å²) in [5, 5.41) is 0.549. The maximum Gasteiger partial charge on any atom is 0.206 e. The molecule has 0 aromatic heterocycles. The number of likely N-dealkylation sites (tertiary alicyclic amines) is 1. The van der Waals surface area contributed by atoms with Gasteiger partial charge in [0.25, 0.3) is 0 Å². The monoisotopic (exact) mass is 426 g/mol. The van der Waals surface area contributed by atoms with E-state index in [0.717, 1.165) is 50.1 Å². The van der Waals surface area contributed by atoms with Crippen LogP contribution in [0.5, 0.6) is 0 Å². The Labute approximate surface area is 172 Å². The Balaban J connectivity index is 0.00000210. The van der Waals surface area contributed by atoms with Crippen molar-refractivity contribution in [3.8, 4) is 0 Å². The first kappa shape index (κ1) is 20.5. The standard InChI is InChI=1S/C20H23ClN2O2S.ClH/c1-22-10-8-16(9-11-22)23-12-7-15-13-18(14-19(21)20(15)23)26(24,25)17-5-3-2-4-6-17;/h2-6,13-14,16H,7-12H2,1H3;1H. The first-order valence-electron chi connectivity index (χ1n) is 9.04. The summed E-state index contributed by atoms with van der Waals surface area (Å²) in [6.07, 6.45) is 3.09. The SMILES string of the molecule is CN1CCC(N2CCc3cc(S(=O)(=O)c4ccccc4)cc(Cl)c32)CC1.Cl. The topological polar surface area (TPSA) is 40.6 Å². The zero-order valence-electron chi connectivity index (χ0n) is 15.3. The number of fused-ring (bicyclic) bond motifs is 1. The number of nitrogens with zero attached hydrogens (tertiary/aromatic N) is 2. The Morgan fingerprint density at radius 2 is 1.67 bits per heavy atom. The van der Waals surface area contributed by atoms with Gasteiger partial charge >= 0.3 is 0 Å². The highest BCUT2D eigenvalue weighted by atomic mass is 35.5. The highest BCUT2D eigenvalue weighted by molar-refractivity contribution is 7.91. The number of halogens is 2. The molecule has 7 heteroatoms. The van der Waals surface area contributed by atoms with Crippen molar-refractivity contribution in [2.24, 2.45) is 0 Å². The highest BCUT2D eigenvalue weighted by Crippen LogP contribution is 2.40. The van der Waals surface area contributed by atoms with Gasteiger partial charge in [-0.15, -0.1) is 12.4 Å². The summed E-state index contributed by atoms with van der Waals surface area (Å²) in [7, 11) is -1.39. The normalized spacial score (nSPS) is 18.2. The van der Waals surface area contributed by atoms with E-state index < -0.39 is 9.84 Å². The van der Waals surface area contributed by atoms with Gasteiger partial charge in [-0.2, -0.15) is 0 Å². The van der Waals surface area contributed by atoms with Crippen LogP contribution < -0.4 is 4.90 Å². The summed E-state index contributed by atoms with van der Waals surface area (Å²) in [6, 6.07) is 12.5. The summed E-state index contributed by atoms with van der Waals surface area (Å²) in [4.78, 5) is 5.34. The van der Waals surface area contributed by atoms with Gasteiger partial charge in [-0.05, 0) is 69.2 Å². The molecule has 0 bridgehead atoms. The fraction of sp³-hybridized carbons (Fsp3) is 0.400. The number of benzene rings is 2. The molecule has 0 N–H and O–H groups in total. The molecule has 2 aromatic rings. The van der Waals surface area contributed by atoms with Gasteiger partial charge in [-0.1, -0.05) is 29.8 Å². The van der Waals surface area contributed by atoms with Crippen molar-refractivity contribution < 1.29 is 8.42 Å². The lowest BCUT2D eigenvalue weighted by Crippen LogP contribution is -2.43. The van der Waals surface area contributed by atoms with E-state index >= 15 is 0 Å². The molecule has 4 rings (SSSR count). The van der Waals surface area contributed by atoms with Crippen molar-refractivity contribution in [1.82, 2.24) is 4.90 Å². The first-order valence-corrected chi connectivity index (χ1v) is 10.9. The smallest absolute Gasteiger partial charge is 0.206 e. The average molecular weight is 427 g/mol. The summed E-state index contributed by atoms with van der Waals surface area (Å²) in [5.41, 5.74) is 2.08. The molecule has 2 aliphatic rings. The number of sulfone groups is 1. The largest absolute Gasteiger partial charge is 0.367 e. The van der Waals surface area contributed by atoms with Crippen LogP contribution in [0.15, 0.2) is 52.3 Å².